The van der Waals surface area contributed by atoms with Crippen molar-refractivity contribution in [2.24, 2.45) is 10.9 Å². The van der Waals surface area contributed by atoms with Gasteiger partial charge in [-0.05, 0) is 6.42 Å². The first-order valence-electron chi connectivity index (χ1n) is 5.60. The molecule has 1 aliphatic heterocycles. The largest absolute Gasteiger partial charge is 0.478 e. The van der Waals surface area contributed by atoms with Gasteiger partial charge in [0.2, 0.25) is 0 Å². The number of hydrogen-bond donors (Lipinski definition) is 1. The van der Waals surface area contributed by atoms with Crippen LogP contribution in [0.3, 0.4) is 0 Å². The first-order valence-corrected chi connectivity index (χ1v) is 6.59. The maximum atomic E-state index is 10.9. The average molecular weight is 273 g/mol. The third-order valence-corrected chi connectivity index (χ3v) is 3.43. The molecule has 0 aromatic rings. The van der Waals surface area contributed by atoms with Gasteiger partial charge in [-0.1, -0.05) is 13.5 Å². The number of carboxylic acids is 1. The molecule has 0 amide bonds. The van der Waals surface area contributed by atoms with E-state index in [9.17, 15) is 9.59 Å². The second-order valence-electron chi connectivity index (χ2n) is 3.63. The molecule has 0 radical (unpaired) electrons. The van der Waals surface area contributed by atoms with Gasteiger partial charge in [-0.3, -0.25) is 9.79 Å². The number of carbonyl (C=O) groups is 2. The molecule has 0 aliphatic carbocycles. The normalized spacial score (nSPS) is 14.9. The summed E-state index contributed by atoms with van der Waals surface area (Å²) in [5.74, 6) is 0.393. The number of esters is 1. The standard InChI is InChI=1S/C9H15NO2S.C3H4O2/c1-7(3-4-8(11)12-2)9-10-5-6-13-9;1-2-3(4)5/h7H,3-6H2,1-2H3;2H,1H2,(H,4,5). The Morgan fingerprint density at radius 2 is 2.28 bits per heavy atom. The Morgan fingerprint density at radius 1 is 1.67 bits per heavy atom. The summed E-state index contributed by atoms with van der Waals surface area (Å²) in [5, 5.41) is 8.80. The van der Waals surface area contributed by atoms with Crippen LogP contribution in [-0.2, 0) is 14.3 Å². The molecule has 0 bridgehead atoms. The molecule has 0 spiro atoms. The fourth-order valence-electron chi connectivity index (χ4n) is 1.21. The highest BCUT2D eigenvalue weighted by Crippen LogP contribution is 2.22. The third-order valence-electron chi connectivity index (χ3n) is 2.21. The van der Waals surface area contributed by atoms with E-state index in [2.05, 4.69) is 23.2 Å². The van der Waals surface area contributed by atoms with Gasteiger partial charge >= 0.3 is 11.9 Å². The fraction of sp³-hybridized carbons (Fsp3) is 0.583. The number of carboxylic acid groups (broad SMARTS) is 1. The number of thioether (sulfide) groups is 1. The Balaban J connectivity index is 0.000000494. The van der Waals surface area contributed by atoms with Crippen molar-refractivity contribution >= 4 is 28.7 Å². The molecule has 6 heteroatoms. The van der Waals surface area contributed by atoms with Crippen LogP contribution in [0, 0.1) is 5.92 Å². The van der Waals surface area contributed by atoms with Crippen LogP contribution in [0.5, 0.6) is 0 Å². The molecular formula is C12H19NO4S. The predicted octanol–water partition coefficient (Wildman–Crippen LogP) is 1.98. The number of carbonyl (C=O) groups excluding carboxylic acids is 1. The summed E-state index contributed by atoms with van der Waals surface area (Å²) in [5.41, 5.74) is 0. The summed E-state index contributed by atoms with van der Waals surface area (Å²) in [7, 11) is 1.43. The van der Waals surface area contributed by atoms with Crippen LogP contribution < -0.4 is 0 Å². The van der Waals surface area contributed by atoms with Gasteiger partial charge in [-0.15, -0.1) is 11.8 Å². The van der Waals surface area contributed by atoms with Gasteiger partial charge in [0.1, 0.15) is 0 Å². The Labute approximate surface area is 111 Å². The van der Waals surface area contributed by atoms with Crippen molar-refractivity contribution in [1.29, 1.82) is 0 Å². The van der Waals surface area contributed by atoms with Crippen molar-refractivity contribution < 1.29 is 19.4 Å². The lowest BCUT2D eigenvalue weighted by Gasteiger charge is -2.08. The van der Waals surface area contributed by atoms with E-state index in [1.165, 1.54) is 12.2 Å². The zero-order valence-electron chi connectivity index (χ0n) is 10.7. The fourth-order valence-corrected chi connectivity index (χ4v) is 2.19. The molecule has 1 aliphatic rings. The van der Waals surface area contributed by atoms with Gasteiger partial charge in [-0.2, -0.15) is 0 Å². The van der Waals surface area contributed by atoms with Gasteiger partial charge in [-0.25, -0.2) is 4.79 Å². The SMILES string of the molecule is C=CC(=O)O.COC(=O)CCC(C)C1=NCCS1. The summed E-state index contributed by atoms with van der Waals surface area (Å²) >= 11 is 1.81. The van der Waals surface area contributed by atoms with E-state index in [0.29, 0.717) is 12.3 Å². The minimum absolute atomic E-state index is 0.129. The monoisotopic (exact) mass is 273 g/mol. The molecule has 18 heavy (non-hydrogen) atoms. The van der Waals surface area contributed by atoms with Crippen molar-refractivity contribution in [2.75, 3.05) is 19.4 Å². The van der Waals surface area contributed by atoms with E-state index in [4.69, 9.17) is 5.11 Å². The van der Waals surface area contributed by atoms with E-state index in [1.54, 1.807) is 0 Å². The van der Waals surface area contributed by atoms with Crippen molar-refractivity contribution in [3.05, 3.63) is 12.7 Å². The van der Waals surface area contributed by atoms with Gasteiger partial charge < -0.3 is 9.84 Å². The number of aliphatic imine (C=N–C) groups is 1. The Hall–Kier alpha value is -1.30. The predicted molar refractivity (Wildman–Crippen MR) is 73.0 cm³/mol. The number of hydrogen-bond acceptors (Lipinski definition) is 5. The molecule has 1 rings (SSSR count). The summed E-state index contributed by atoms with van der Waals surface area (Å²) < 4.78 is 4.58. The van der Waals surface area contributed by atoms with Crippen LogP contribution in [-0.4, -0.2) is 41.5 Å². The minimum Gasteiger partial charge on any atom is -0.478 e. The number of nitrogens with zero attached hydrogens (tertiary/aromatic N) is 1. The lowest BCUT2D eigenvalue weighted by atomic mass is 10.1. The molecule has 102 valence electrons. The molecular weight excluding hydrogens is 254 g/mol. The van der Waals surface area contributed by atoms with Gasteiger partial charge in [0.05, 0.1) is 12.2 Å². The maximum absolute atomic E-state index is 10.9. The lowest BCUT2D eigenvalue weighted by molar-refractivity contribution is -0.140. The zero-order chi connectivity index (χ0) is 14.0. The number of rotatable bonds is 5. The van der Waals surface area contributed by atoms with E-state index in [-0.39, 0.29) is 5.97 Å². The highest BCUT2D eigenvalue weighted by molar-refractivity contribution is 8.14. The Kier molecular flexibility index (Phi) is 9.00. The second-order valence-corrected chi connectivity index (χ2v) is 4.74. The summed E-state index contributed by atoms with van der Waals surface area (Å²) in [6, 6.07) is 0. The van der Waals surface area contributed by atoms with E-state index in [0.717, 1.165) is 24.8 Å². The Bertz CT molecular complexity index is 328. The van der Waals surface area contributed by atoms with Crippen LogP contribution >= 0.6 is 11.8 Å². The summed E-state index contributed by atoms with van der Waals surface area (Å²) in [6.45, 7) is 6.00. The molecule has 1 unspecified atom stereocenters. The van der Waals surface area contributed by atoms with Crippen LogP contribution in [0.25, 0.3) is 0 Å². The summed E-state index contributed by atoms with van der Waals surface area (Å²) in [6.07, 6.45) is 2.18. The van der Waals surface area contributed by atoms with Crippen LogP contribution in [0.15, 0.2) is 17.6 Å². The number of ether oxygens (including phenoxy) is 1. The highest BCUT2D eigenvalue weighted by atomic mass is 32.2. The molecule has 5 nitrogen and oxygen atoms in total. The number of methoxy groups -OCH3 is 1. The van der Waals surface area contributed by atoms with Crippen molar-refractivity contribution in [1.82, 2.24) is 0 Å². The quantitative estimate of drug-likeness (QED) is 0.612. The lowest BCUT2D eigenvalue weighted by Crippen LogP contribution is -2.09. The van der Waals surface area contributed by atoms with Gasteiger partial charge in [0.15, 0.2) is 0 Å². The first kappa shape index (κ1) is 16.7. The topological polar surface area (TPSA) is 76.0 Å². The van der Waals surface area contributed by atoms with Crippen molar-refractivity contribution in [2.45, 2.75) is 19.8 Å². The average Bonchev–Trinajstić information content (AvgIpc) is 2.90. The van der Waals surface area contributed by atoms with Crippen LogP contribution in [0.1, 0.15) is 19.8 Å². The van der Waals surface area contributed by atoms with Crippen molar-refractivity contribution in [3.8, 4) is 0 Å². The molecule has 1 N–H and O–H groups in total. The molecule has 0 aromatic heterocycles. The molecule has 1 heterocycles. The van der Waals surface area contributed by atoms with Crippen molar-refractivity contribution in [3.63, 3.8) is 0 Å². The van der Waals surface area contributed by atoms with E-state index >= 15 is 0 Å². The molecule has 0 saturated heterocycles. The molecule has 0 fully saturated rings. The van der Waals surface area contributed by atoms with Gasteiger partial charge in [0.25, 0.3) is 0 Å². The third kappa shape index (κ3) is 7.89. The van der Waals surface area contributed by atoms with Crippen LogP contribution in [0.2, 0.25) is 0 Å². The Morgan fingerprint density at radius 3 is 2.67 bits per heavy atom. The smallest absolute Gasteiger partial charge is 0.327 e. The zero-order valence-corrected chi connectivity index (χ0v) is 11.5. The van der Waals surface area contributed by atoms with E-state index in [1.807, 2.05) is 11.8 Å². The second kappa shape index (κ2) is 9.70. The van der Waals surface area contributed by atoms with Gasteiger partial charge in [0, 0.05) is 30.7 Å². The molecule has 0 aromatic carbocycles. The summed E-state index contributed by atoms with van der Waals surface area (Å²) in [4.78, 5) is 24.5. The first-order chi connectivity index (χ1) is 8.51. The molecule has 1 atom stereocenters. The highest BCUT2D eigenvalue weighted by Gasteiger charge is 2.16. The maximum Gasteiger partial charge on any atom is 0.327 e. The van der Waals surface area contributed by atoms with E-state index < -0.39 is 5.97 Å². The number of aliphatic carboxylic acids is 1. The minimum atomic E-state index is -0.981. The van der Waals surface area contributed by atoms with Crippen LogP contribution in [0.4, 0.5) is 0 Å². The molecule has 0 saturated carbocycles.